The molecule has 0 bridgehead atoms. The van der Waals surface area contributed by atoms with Gasteiger partial charge < -0.3 is 5.11 Å². The first-order chi connectivity index (χ1) is 10.6. The van der Waals surface area contributed by atoms with Gasteiger partial charge in [-0.05, 0) is 10.6 Å². The molecule has 2 aromatic carbocycles. The summed E-state index contributed by atoms with van der Waals surface area (Å²) < 4.78 is 79.6. The van der Waals surface area contributed by atoms with Crippen molar-refractivity contribution in [2.75, 3.05) is 0 Å². The molecule has 0 saturated carbocycles. The Bertz CT molecular complexity index is 585. The zero-order valence-electron chi connectivity index (χ0n) is 11.4. The summed E-state index contributed by atoms with van der Waals surface area (Å²) in [6, 6.07) is 12.9. The summed E-state index contributed by atoms with van der Waals surface area (Å²) in [5, 5.41) is 4.56. The molecule has 0 aliphatic rings. The summed E-state index contributed by atoms with van der Waals surface area (Å²) in [5.41, 5.74) is 0. The van der Waals surface area contributed by atoms with Crippen LogP contribution in [0.15, 0.2) is 60.7 Å². The highest BCUT2D eigenvalue weighted by molar-refractivity contribution is 7.74. The third-order valence-corrected chi connectivity index (χ3v) is 5.93. The van der Waals surface area contributed by atoms with E-state index in [0.717, 1.165) is 24.3 Å². The SMILES string of the molecule is OC(P(c1ccccc1)c1ccccc1)(C(F)(F)F)C(F)(F)F. The summed E-state index contributed by atoms with van der Waals surface area (Å²) in [6.45, 7) is 0. The molecule has 124 valence electrons. The van der Waals surface area contributed by atoms with Gasteiger partial charge in [0.05, 0.1) is 0 Å². The van der Waals surface area contributed by atoms with E-state index in [1.807, 2.05) is 0 Å². The third kappa shape index (κ3) is 3.21. The van der Waals surface area contributed by atoms with Gasteiger partial charge in [0.1, 0.15) is 0 Å². The van der Waals surface area contributed by atoms with Crippen molar-refractivity contribution in [3.8, 4) is 0 Å². The molecule has 1 nitrogen and oxygen atoms in total. The van der Waals surface area contributed by atoms with Gasteiger partial charge in [-0.25, -0.2) is 0 Å². The van der Waals surface area contributed by atoms with E-state index in [4.69, 9.17) is 0 Å². The first-order valence-electron chi connectivity index (χ1n) is 6.35. The fourth-order valence-corrected chi connectivity index (χ4v) is 4.58. The second-order valence-corrected chi connectivity index (χ2v) is 7.03. The molecule has 0 fully saturated rings. The van der Waals surface area contributed by atoms with Crippen molar-refractivity contribution in [2.45, 2.75) is 17.7 Å². The van der Waals surface area contributed by atoms with Gasteiger partial charge in [0.15, 0.2) is 0 Å². The van der Waals surface area contributed by atoms with Crippen LogP contribution in [0.5, 0.6) is 0 Å². The molecule has 0 spiro atoms. The highest BCUT2D eigenvalue weighted by atomic mass is 31.1. The van der Waals surface area contributed by atoms with Gasteiger partial charge in [0, 0.05) is 7.92 Å². The lowest BCUT2D eigenvalue weighted by Crippen LogP contribution is -2.58. The van der Waals surface area contributed by atoms with E-state index >= 15 is 0 Å². The molecule has 0 aromatic heterocycles. The second-order valence-electron chi connectivity index (χ2n) is 4.67. The van der Waals surface area contributed by atoms with Gasteiger partial charge in [-0.1, -0.05) is 60.7 Å². The summed E-state index contributed by atoms with van der Waals surface area (Å²) in [7, 11) is -3.17. The van der Waals surface area contributed by atoms with Crippen molar-refractivity contribution >= 4 is 18.5 Å². The van der Waals surface area contributed by atoms with Crippen molar-refractivity contribution in [3.05, 3.63) is 60.7 Å². The molecule has 0 radical (unpaired) electrons. The maximum absolute atomic E-state index is 13.3. The average Bonchev–Trinajstić information content (AvgIpc) is 2.47. The van der Waals surface area contributed by atoms with Gasteiger partial charge in [-0.15, -0.1) is 0 Å². The second kappa shape index (κ2) is 6.13. The van der Waals surface area contributed by atoms with E-state index in [0.29, 0.717) is 0 Å². The quantitative estimate of drug-likeness (QED) is 0.656. The molecule has 0 heterocycles. The average molecular weight is 352 g/mol. The third-order valence-electron chi connectivity index (χ3n) is 3.14. The Balaban J connectivity index is 2.75. The Hall–Kier alpha value is -1.59. The highest BCUT2D eigenvalue weighted by Crippen LogP contribution is 2.61. The van der Waals surface area contributed by atoms with Crippen molar-refractivity contribution in [2.24, 2.45) is 0 Å². The van der Waals surface area contributed by atoms with Crippen LogP contribution < -0.4 is 10.6 Å². The largest absolute Gasteiger partial charge is 0.430 e. The number of benzene rings is 2. The minimum absolute atomic E-state index is 0.217. The van der Waals surface area contributed by atoms with Crippen LogP contribution in [0.2, 0.25) is 0 Å². The van der Waals surface area contributed by atoms with E-state index in [1.54, 1.807) is 0 Å². The molecule has 0 aliphatic carbocycles. The predicted octanol–water partition coefficient (Wildman–Crippen LogP) is 3.93. The van der Waals surface area contributed by atoms with Crippen molar-refractivity contribution in [1.29, 1.82) is 0 Å². The van der Waals surface area contributed by atoms with Crippen LogP contribution in [0.25, 0.3) is 0 Å². The minimum Gasteiger partial charge on any atom is -0.369 e. The standard InChI is InChI=1S/C15H11F6OP/c16-14(17,18)13(22,15(19,20)21)23(11-7-3-1-4-8-11)12-9-5-2-6-10-12/h1-10,22H. The molecule has 2 aromatic rings. The number of hydrogen-bond acceptors (Lipinski definition) is 1. The topological polar surface area (TPSA) is 20.2 Å². The van der Waals surface area contributed by atoms with E-state index in [9.17, 15) is 31.4 Å². The maximum atomic E-state index is 13.3. The van der Waals surface area contributed by atoms with Crippen LogP contribution in [-0.2, 0) is 0 Å². The van der Waals surface area contributed by atoms with E-state index in [2.05, 4.69) is 0 Å². The lowest BCUT2D eigenvalue weighted by Gasteiger charge is -2.39. The number of rotatable bonds is 3. The first-order valence-corrected chi connectivity index (χ1v) is 7.69. The Morgan fingerprint density at radius 1 is 0.609 bits per heavy atom. The van der Waals surface area contributed by atoms with Crippen LogP contribution in [-0.4, -0.2) is 22.8 Å². The molecular weight excluding hydrogens is 341 g/mol. The smallest absolute Gasteiger partial charge is 0.369 e. The van der Waals surface area contributed by atoms with Gasteiger partial charge in [0.25, 0.3) is 5.34 Å². The molecule has 0 amide bonds. The van der Waals surface area contributed by atoms with Crippen LogP contribution >= 0.6 is 7.92 Å². The normalized spacial score (nSPS) is 13.4. The lowest BCUT2D eigenvalue weighted by atomic mass is 10.3. The van der Waals surface area contributed by atoms with Crippen LogP contribution in [0.3, 0.4) is 0 Å². The number of alkyl halides is 6. The van der Waals surface area contributed by atoms with Gasteiger partial charge in [-0.3, -0.25) is 0 Å². The van der Waals surface area contributed by atoms with E-state index in [1.165, 1.54) is 36.4 Å². The molecule has 2 rings (SSSR count). The Labute approximate surface area is 129 Å². The summed E-state index contributed by atoms with van der Waals surface area (Å²) in [5.74, 6) is 0. The molecular formula is C15H11F6OP. The van der Waals surface area contributed by atoms with Crippen molar-refractivity contribution in [3.63, 3.8) is 0 Å². The van der Waals surface area contributed by atoms with Crippen LogP contribution in [0.1, 0.15) is 0 Å². The number of hydrogen-bond donors (Lipinski definition) is 1. The first kappa shape index (κ1) is 17.8. The Kier molecular flexibility index (Phi) is 4.74. The van der Waals surface area contributed by atoms with E-state index < -0.39 is 25.6 Å². The highest BCUT2D eigenvalue weighted by Gasteiger charge is 2.74. The summed E-state index contributed by atoms with van der Waals surface area (Å²) in [4.78, 5) is 0. The van der Waals surface area contributed by atoms with Gasteiger partial charge >= 0.3 is 12.4 Å². The zero-order valence-corrected chi connectivity index (χ0v) is 12.3. The molecule has 1 N–H and O–H groups in total. The summed E-state index contributed by atoms with van der Waals surface area (Å²) in [6.07, 6.45) is -11.7. The fraction of sp³-hybridized carbons (Fsp3) is 0.200. The molecule has 8 heteroatoms. The van der Waals surface area contributed by atoms with Gasteiger partial charge in [-0.2, -0.15) is 26.3 Å². The van der Waals surface area contributed by atoms with Crippen molar-refractivity contribution < 1.29 is 31.4 Å². The number of halogens is 6. The fourth-order valence-electron chi connectivity index (χ4n) is 2.09. The zero-order chi connectivity index (χ0) is 17.3. The molecule has 23 heavy (non-hydrogen) atoms. The van der Waals surface area contributed by atoms with Crippen molar-refractivity contribution in [1.82, 2.24) is 0 Å². The molecule has 0 unspecified atom stereocenters. The van der Waals surface area contributed by atoms with Gasteiger partial charge in [0.2, 0.25) is 0 Å². The Morgan fingerprint density at radius 3 is 1.17 bits per heavy atom. The number of aliphatic hydroxyl groups is 1. The minimum atomic E-state index is -5.87. The van der Waals surface area contributed by atoms with Crippen LogP contribution in [0.4, 0.5) is 26.3 Å². The predicted molar refractivity (Wildman–Crippen MR) is 76.1 cm³/mol. The molecule has 0 atom stereocenters. The van der Waals surface area contributed by atoms with E-state index in [-0.39, 0.29) is 10.6 Å². The molecule has 0 aliphatic heterocycles. The Morgan fingerprint density at radius 2 is 0.913 bits per heavy atom. The monoisotopic (exact) mass is 352 g/mol. The maximum Gasteiger partial charge on any atom is 0.430 e. The van der Waals surface area contributed by atoms with Crippen LogP contribution in [0, 0.1) is 0 Å². The lowest BCUT2D eigenvalue weighted by molar-refractivity contribution is -0.329. The molecule has 0 saturated heterocycles. The summed E-state index contributed by atoms with van der Waals surface area (Å²) >= 11 is 0.